The lowest BCUT2D eigenvalue weighted by Crippen LogP contribution is -2.38. The van der Waals surface area contributed by atoms with Gasteiger partial charge in [0.05, 0.1) is 0 Å². The number of fused-ring (bicyclic) bond motifs is 8. The Morgan fingerprint density at radius 1 is 0.420 bits per heavy atom. The zero-order chi connectivity index (χ0) is 34.7. The maximum absolute atomic E-state index is 13.2. The Balaban J connectivity index is 1.43. The summed E-state index contributed by atoms with van der Waals surface area (Å²) in [6, 6.07) is 20.1. The van der Waals surface area contributed by atoms with Crippen molar-refractivity contribution < 1.29 is 10.2 Å². The van der Waals surface area contributed by atoms with Crippen molar-refractivity contribution in [2.24, 2.45) is 0 Å². The largest absolute Gasteiger partial charge is 0.380 e. The van der Waals surface area contributed by atoms with E-state index in [0.29, 0.717) is 11.8 Å². The first-order valence-electron chi connectivity index (χ1n) is 20.4. The summed E-state index contributed by atoms with van der Waals surface area (Å²) >= 11 is 0. The fourth-order valence-corrected chi connectivity index (χ4v) is 11.7. The van der Waals surface area contributed by atoms with Crippen LogP contribution in [0.15, 0.2) is 48.5 Å². The van der Waals surface area contributed by atoms with Crippen LogP contribution in [0.5, 0.6) is 0 Å². The number of hydrogen-bond acceptors (Lipinski definition) is 2. The molecule has 0 aromatic heterocycles. The lowest BCUT2D eigenvalue weighted by atomic mass is 9.60. The summed E-state index contributed by atoms with van der Waals surface area (Å²) in [5, 5.41) is 26.5. The zero-order valence-electron chi connectivity index (χ0n) is 31.3. The average molecular weight is 665 g/mol. The predicted octanol–water partition coefficient (Wildman–Crippen LogP) is 11.5. The number of benzene rings is 4. The fourth-order valence-electron chi connectivity index (χ4n) is 11.7. The van der Waals surface area contributed by atoms with Crippen LogP contribution in [0.3, 0.4) is 0 Å². The van der Waals surface area contributed by atoms with Crippen LogP contribution in [0.4, 0.5) is 0 Å². The van der Waals surface area contributed by atoms with Crippen molar-refractivity contribution in [2.45, 2.75) is 153 Å². The summed E-state index contributed by atoms with van der Waals surface area (Å²) in [5.74, 6) is 1.16. The van der Waals surface area contributed by atoms with E-state index < -0.39 is 11.2 Å². The van der Waals surface area contributed by atoms with Gasteiger partial charge in [-0.05, 0) is 140 Å². The van der Waals surface area contributed by atoms with Crippen LogP contribution in [-0.2, 0) is 24.0 Å². The molecule has 4 aliphatic rings. The summed E-state index contributed by atoms with van der Waals surface area (Å²) in [6.45, 7) is 13.9. The Morgan fingerprint density at radius 2 is 0.680 bits per heavy atom. The standard InChI is InChI=1S/C48H56O2/c1-7-13-15-47(49)43-19-27-17-29-21-45-41-25-37(29)31(9-3)35(27)23-39(43)33(11-5)40-24-36-28(20-44(40)47)18-30-22-46(48(45,50)16-14-8-2)42(34(41)12-6)26-38(30)32(36)10-4/h19-26,31-34,49-50H,7-18H2,1-6H3. The highest BCUT2D eigenvalue weighted by atomic mass is 16.3. The summed E-state index contributed by atoms with van der Waals surface area (Å²) in [4.78, 5) is 0. The second kappa shape index (κ2) is 11.7. The van der Waals surface area contributed by atoms with Crippen LogP contribution in [0.1, 0.15) is 218 Å². The smallest absolute Gasteiger partial charge is 0.115 e. The van der Waals surface area contributed by atoms with E-state index in [0.717, 1.165) is 99.3 Å². The van der Waals surface area contributed by atoms with Crippen LogP contribution < -0.4 is 0 Å². The molecule has 2 heteroatoms. The molecule has 0 aliphatic heterocycles. The first kappa shape index (κ1) is 32.7. The highest BCUT2D eigenvalue weighted by molar-refractivity contribution is 5.67. The molecule has 0 fully saturated rings. The first-order valence-corrected chi connectivity index (χ1v) is 20.4. The van der Waals surface area contributed by atoms with Gasteiger partial charge in [-0.1, -0.05) is 116 Å². The molecule has 0 bridgehead atoms. The van der Waals surface area contributed by atoms with Gasteiger partial charge in [-0.2, -0.15) is 0 Å². The van der Waals surface area contributed by atoms with Gasteiger partial charge in [0.2, 0.25) is 0 Å². The quantitative estimate of drug-likeness (QED) is 0.177. The van der Waals surface area contributed by atoms with Gasteiger partial charge in [-0.25, -0.2) is 0 Å². The summed E-state index contributed by atoms with van der Waals surface area (Å²) in [5.41, 5.74) is 19.5. The highest BCUT2D eigenvalue weighted by Crippen LogP contribution is 2.57. The van der Waals surface area contributed by atoms with E-state index in [1.807, 2.05) is 0 Å². The minimum absolute atomic E-state index is 0.274. The second-order valence-electron chi connectivity index (χ2n) is 16.7. The van der Waals surface area contributed by atoms with E-state index in [9.17, 15) is 10.2 Å². The molecule has 0 saturated heterocycles. The maximum atomic E-state index is 13.2. The van der Waals surface area contributed by atoms with Crippen molar-refractivity contribution in [2.75, 3.05) is 0 Å². The molecule has 0 spiro atoms. The van der Waals surface area contributed by atoms with Crippen LogP contribution in [0.2, 0.25) is 0 Å². The van der Waals surface area contributed by atoms with Crippen LogP contribution in [-0.4, -0.2) is 10.2 Å². The molecule has 0 atom stereocenters. The fraction of sp³-hybridized carbons (Fsp3) is 0.500. The molecule has 0 saturated carbocycles. The minimum atomic E-state index is -0.998. The third kappa shape index (κ3) is 4.21. The average Bonchev–Trinajstić information content (AvgIpc) is 3.12. The Morgan fingerprint density at radius 3 is 0.920 bits per heavy atom. The van der Waals surface area contributed by atoms with E-state index in [4.69, 9.17) is 0 Å². The van der Waals surface area contributed by atoms with Gasteiger partial charge in [0.15, 0.2) is 0 Å². The molecule has 260 valence electrons. The van der Waals surface area contributed by atoms with Crippen LogP contribution in [0, 0.1) is 0 Å². The van der Waals surface area contributed by atoms with Crippen molar-refractivity contribution in [1.29, 1.82) is 0 Å². The Hall–Kier alpha value is -3.20. The van der Waals surface area contributed by atoms with Crippen LogP contribution >= 0.6 is 0 Å². The van der Waals surface area contributed by atoms with E-state index >= 15 is 0 Å². The molecular formula is C48H56O2. The molecule has 0 radical (unpaired) electrons. The summed E-state index contributed by atoms with van der Waals surface area (Å²) in [7, 11) is 0. The number of unbranched alkanes of at least 4 members (excludes halogenated alkanes) is 2. The normalized spacial score (nSPS) is 27.2. The van der Waals surface area contributed by atoms with Gasteiger partial charge in [-0.15, -0.1) is 0 Å². The van der Waals surface area contributed by atoms with Gasteiger partial charge < -0.3 is 10.2 Å². The molecule has 0 amide bonds. The molecule has 2 nitrogen and oxygen atoms in total. The van der Waals surface area contributed by atoms with Crippen molar-refractivity contribution in [3.8, 4) is 0 Å². The van der Waals surface area contributed by atoms with Crippen molar-refractivity contribution >= 4 is 0 Å². The molecule has 0 heterocycles. The van der Waals surface area contributed by atoms with Crippen molar-refractivity contribution in [3.63, 3.8) is 0 Å². The lowest BCUT2D eigenvalue weighted by Gasteiger charge is -2.46. The van der Waals surface area contributed by atoms with Gasteiger partial charge >= 0.3 is 0 Å². The van der Waals surface area contributed by atoms with Crippen molar-refractivity contribution in [3.05, 3.63) is 138 Å². The number of hydrogen-bond donors (Lipinski definition) is 2. The lowest BCUT2D eigenvalue weighted by molar-refractivity contribution is 0.0628. The first-order chi connectivity index (χ1) is 24.2. The SMILES string of the molecule is CCCCC1(O)c2cc3c4cc2C(CC)c2cc5c(cc21)Cc1cc2c(cc1C5CC)C(CC)c1cc(c(cc1C2(O)CCCC)C3)C4CC. The Bertz CT molecular complexity index is 1780. The highest BCUT2D eigenvalue weighted by Gasteiger charge is 2.47. The molecule has 0 unspecified atom stereocenters. The topological polar surface area (TPSA) is 40.5 Å². The van der Waals surface area contributed by atoms with Crippen molar-refractivity contribution in [1.82, 2.24) is 0 Å². The second-order valence-corrected chi connectivity index (χ2v) is 16.7. The molecule has 4 aliphatic carbocycles. The van der Waals surface area contributed by atoms with Crippen LogP contribution in [0.25, 0.3) is 0 Å². The van der Waals surface area contributed by atoms with Gasteiger partial charge in [0.1, 0.15) is 11.2 Å². The Labute approximate surface area is 300 Å². The monoisotopic (exact) mass is 664 g/mol. The van der Waals surface area contributed by atoms with E-state index in [-0.39, 0.29) is 11.8 Å². The maximum Gasteiger partial charge on any atom is 0.115 e. The molecule has 2 N–H and O–H groups in total. The van der Waals surface area contributed by atoms with Gasteiger partial charge in [-0.3, -0.25) is 0 Å². The Kier molecular flexibility index (Phi) is 7.62. The summed E-state index contributed by atoms with van der Waals surface area (Å²) < 4.78 is 0. The van der Waals surface area contributed by atoms with E-state index in [2.05, 4.69) is 90.1 Å². The number of rotatable bonds is 10. The molecule has 4 aromatic carbocycles. The molecule has 8 rings (SSSR count). The zero-order valence-corrected chi connectivity index (χ0v) is 31.3. The predicted molar refractivity (Wildman–Crippen MR) is 205 cm³/mol. The van der Waals surface area contributed by atoms with Gasteiger partial charge in [0.25, 0.3) is 0 Å². The van der Waals surface area contributed by atoms with E-state index in [1.165, 1.54) is 66.8 Å². The van der Waals surface area contributed by atoms with Gasteiger partial charge in [0, 0.05) is 23.7 Å². The third-order valence-electron chi connectivity index (χ3n) is 14.2. The number of aliphatic hydroxyl groups is 2. The van der Waals surface area contributed by atoms with E-state index in [1.54, 1.807) is 0 Å². The molecule has 50 heavy (non-hydrogen) atoms. The molecule has 4 aromatic rings. The molecular weight excluding hydrogens is 609 g/mol. The third-order valence-corrected chi connectivity index (χ3v) is 14.2. The minimum Gasteiger partial charge on any atom is -0.380 e. The summed E-state index contributed by atoms with van der Waals surface area (Å²) in [6.07, 6.45) is 11.5.